The van der Waals surface area contributed by atoms with Gasteiger partial charge in [0.25, 0.3) is 0 Å². The summed E-state index contributed by atoms with van der Waals surface area (Å²) in [6.45, 7) is 1.05. The molecule has 26 heavy (non-hydrogen) atoms. The number of likely N-dealkylation sites (tertiary alicyclic amines) is 1. The summed E-state index contributed by atoms with van der Waals surface area (Å²) < 4.78 is 10.5. The van der Waals surface area contributed by atoms with E-state index in [1.165, 1.54) is 0 Å². The molecule has 1 aliphatic heterocycles. The Hall–Kier alpha value is -3.22. The number of furan rings is 1. The van der Waals surface area contributed by atoms with Gasteiger partial charge < -0.3 is 13.8 Å². The van der Waals surface area contributed by atoms with Crippen molar-refractivity contribution in [1.29, 1.82) is 0 Å². The quantitative estimate of drug-likeness (QED) is 0.634. The van der Waals surface area contributed by atoms with Gasteiger partial charge in [-0.1, -0.05) is 35.5 Å². The lowest BCUT2D eigenvalue weighted by molar-refractivity contribution is -0.135. The van der Waals surface area contributed by atoms with Gasteiger partial charge in [0.05, 0.1) is 12.2 Å². The molecule has 0 radical (unpaired) electrons. The molecule has 7 nitrogen and oxygen atoms in total. The first-order valence-electron chi connectivity index (χ1n) is 8.44. The summed E-state index contributed by atoms with van der Waals surface area (Å²) in [4.78, 5) is 30.3. The maximum absolute atomic E-state index is 12.2. The van der Waals surface area contributed by atoms with Gasteiger partial charge in [0.2, 0.25) is 17.6 Å². The van der Waals surface area contributed by atoms with Gasteiger partial charge in [0, 0.05) is 31.5 Å². The van der Waals surface area contributed by atoms with Crippen LogP contribution in [0.5, 0.6) is 0 Å². The maximum atomic E-state index is 12.2. The van der Waals surface area contributed by atoms with Crippen LogP contribution in [0.15, 0.2) is 57.7 Å². The average molecular weight is 351 g/mol. The summed E-state index contributed by atoms with van der Waals surface area (Å²) in [5.41, 5.74) is 0.637. The molecule has 0 aliphatic carbocycles. The Balaban J connectivity index is 1.27. The van der Waals surface area contributed by atoms with Crippen molar-refractivity contribution in [3.8, 4) is 11.6 Å². The zero-order valence-electron chi connectivity index (χ0n) is 14.0. The van der Waals surface area contributed by atoms with Gasteiger partial charge >= 0.3 is 0 Å². The van der Waals surface area contributed by atoms with Crippen LogP contribution in [0.25, 0.3) is 11.6 Å². The molecular weight excluding hydrogens is 334 g/mol. The fourth-order valence-corrected chi connectivity index (χ4v) is 2.89. The van der Waals surface area contributed by atoms with Crippen molar-refractivity contribution >= 4 is 11.7 Å². The molecule has 7 heteroatoms. The Kier molecular flexibility index (Phi) is 4.35. The number of Topliss-reactive ketones (excluding diaryl/α,β-unsaturated/α-hetero) is 1. The number of carbonyl (C=O) groups is 2. The summed E-state index contributed by atoms with van der Waals surface area (Å²) >= 11 is 0. The molecule has 0 bridgehead atoms. The van der Waals surface area contributed by atoms with Crippen LogP contribution in [-0.4, -0.2) is 39.8 Å². The van der Waals surface area contributed by atoms with E-state index in [4.69, 9.17) is 8.94 Å². The smallest absolute Gasteiger partial charge is 0.238 e. The van der Waals surface area contributed by atoms with E-state index in [9.17, 15) is 9.59 Å². The molecule has 4 rings (SSSR count). The Morgan fingerprint density at radius 3 is 2.62 bits per heavy atom. The van der Waals surface area contributed by atoms with Crippen LogP contribution in [0.2, 0.25) is 0 Å². The number of hydrogen-bond acceptors (Lipinski definition) is 6. The lowest BCUT2D eigenvalue weighted by atomic mass is 9.98. The number of carbonyl (C=O) groups excluding carboxylic acids is 2. The van der Waals surface area contributed by atoms with Crippen LogP contribution in [0, 0.1) is 0 Å². The second kappa shape index (κ2) is 6.95. The van der Waals surface area contributed by atoms with Crippen molar-refractivity contribution in [1.82, 2.24) is 15.0 Å². The van der Waals surface area contributed by atoms with Crippen molar-refractivity contribution in [2.75, 3.05) is 13.1 Å². The lowest BCUT2D eigenvalue weighted by Gasteiger charge is -2.37. The van der Waals surface area contributed by atoms with Crippen molar-refractivity contribution in [3.63, 3.8) is 0 Å². The Morgan fingerprint density at radius 2 is 1.88 bits per heavy atom. The average Bonchev–Trinajstić information content (AvgIpc) is 3.30. The third-order valence-corrected chi connectivity index (χ3v) is 4.43. The van der Waals surface area contributed by atoms with Crippen LogP contribution in [-0.2, 0) is 4.79 Å². The Morgan fingerprint density at radius 1 is 1.08 bits per heavy atom. The van der Waals surface area contributed by atoms with Crippen molar-refractivity contribution < 1.29 is 18.5 Å². The van der Waals surface area contributed by atoms with E-state index < -0.39 is 0 Å². The minimum absolute atomic E-state index is 0.0176. The van der Waals surface area contributed by atoms with Crippen LogP contribution >= 0.6 is 0 Å². The van der Waals surface area contributed by atoms with Crippen LogP contribution in [0.4, 0.5) is 0 Å². The molecule has 2 aromatic heterocycles. The fraction of sp³-hybridized carbons (Fsp3) is 0.263. The summed E-state index contributed by atoms with van der Waals surface area (Å²) in [5, 5.41) is 3.90. The first-order valence-corrected chi connectivity index (χ1v) is 8.44. The summed E-state index contributed by atoms with van der Waals surface area (Å²) in [7, 11) is 0. The number of benzene rings is 1. The predicted octanol–water partition coefficient (Wildman–Crippen LogP) is 2.92. The van der Waals surface area contributed by atoms with Gasteiger partial charge in [0.15, 0.2) is 11.5 Å². The highest BCUT2D eigenvalue weighted by molar-refractivity contribution is 5.97. The SMILES string of the molecule is O=C(CCC(=O)N1CC(c2nc(-c3ccco3)no2)C1)c1ccccc1. The van der Waals surface area contributed by atoms with Crippen LogP contribution in [0.3, 0.4) is 0 Å². The molecule has 0 saturated carbocycles. The van der Waals surface area contributed by atoms with E-state index in [1.54, 1.807) is 35.4 Å². The van der Waals surface area contributed by atoms with Crippen LogP contribution < -0.4 is 0 Å². The van der Waals surface area contributed by atoms with E-state index in [2.05, 4.69) is 10.1 Å². The minimum Gasteiger partial charge on any atom is -0.461 e. The minimum atomic E-state index is -0.0312. The zero-order chi connectivity index (χ0) is 17.9. The first-order chi connectivity index (χ1) is 12.7. The van der Waals surface area contributed by atoms with E-state index in [0.717, 1.165) is 0 Å². The molecule has 0 atom stereocenters. The van der Waals surface area contributed by atoms with E-state index in [-0.39, 0.29) is 30.4 Å². The van der Waals surface area contributed by atoms with Crippen molar-refractivity contribution in [2.24, 2.45) is 0 Å². The van der Waals surface area contributed by atoms with Gasteiger partial charge in [-0.2, -0.15) is 4.98 Å². The highest BCUT2D eigenvalue weighted by Crippen LogP contribution is 2.28. The van der Waals surface area contributed by atoms with Gasteiger partial charge in [0.1, 0.15) is 0 Å². The number of ketones is 1. The summed E-state index contributed by atoms with van der Waals surface area (Å²) in [6.07, 6.45) is 1.97. The van der Waals surface area contributed by atoms with Gasteiger partial charge in [-0.3, -0.25) is 9.59 Å². The maximum Gasteiger partial charge on any atom is 0.238 e. The molecular formula is C19H17N3O4. The third kappa shape index (κ3) is 3.28. The topological polar surface area (TPSA) is 89.4 Å². The van der Waals surface area contributed by atoms with Gasteiger partial charge in [-0.15, -0.1) is 0 Å². The normalized spacial score (nSPS) is 14.2. The standard InChI is InChI=1S/C19H17N3O4/c23-15(13-5-2-1-3-6-13)8-9-17(24)22-11-14(12-22)19-20-18(21-26-19)16-7-4-10-25-16/h1-7,10,14H,8-9,11-12H2. The number of rotatable bonds is 6. The second-order valence-electron chi connectivity index (χ2n) is 6.22. The molecule has 0 spiro atoms. The van der Waals surface area contributed by atoms with Gasteiger partial charge in [-0.25, -0.2) is 0 Å². The number of hydrogen-bond donors (Lipinski definition) is 0. The molecule has 1 amide bonds. The monoisotopic (exact) mass is 351 g/mol. The molecule has 1 fully saturated rings. The Bertz CT molecular complexity index is 896. The van der Waals surface area contributed by atoms with E-state index in [0.29, 0.717) is 36.1 Å². The number of aromatic nitrogens is 2. The van der Waals surface area contributed by atoms with Crippen molar-refractivity contribution in [3.05, 3.63) is 60.2 Å². The molecule has 0 N–H and O–H groups in total. The second-order valence-corrected chi connectivity index (χ2v) is 6.22. The van der Waals surface area contributed by atoms with E-state index >= 15 is 0 Å². The molecule has 0 unspecified atom stereocenters. The molecule has 3 aromatic rings. The van der Waals surface area contributed by atoms with Crippen LogP contribution in [0.1, 0.15) is 35.0 Å². The summed E-state index contributed by atoms with van der Waals surface area (Å²) in [5.74, 6) is 1.43. The highest BCUT2D eigenvalue weighted by atomic mass is 16.5. The highest BCUT2D eigenvalue weighted by Gasteiger charge is 2.35. The number of nitrogens with zero attached hydrogens (tertiary/aromatic N) is 3. The molecule has 3 heterocycles. The molecule has 132 valence electrons. The molecule has 1 saturated heterocycles. The third-order valence-electron chi connectivity index (χ3n) is 4.43. The van der Waals surface area contributed by atoms with Crippen molar-refractivity contribution in [2.45, 2.75) is 18.8 Å². The van der Waals surface area contributed by atoms with E-state index in [1.807, 2.05) is 18.2 Å². The zero-order valence-corrected chi connectivity index (χ0v) is 14.0. The number of amides is 1. The largest absolute Gasteiger partial charge is 0.461 e. The van der Waals surface area contributed by atoms with Gasteiger partial charge in [-0.05, 0) is 12.1 Å². The first kappa shape index (κ1) is 16.3. The molecule has 1 aliphatic rings. The fourth-order valence-electron chi connectivity index (χ4n) is 2.89. The predicted molar refractivity (Wildman–Crippen MR) is 91.3 cm³/mol. The Labute approximate surface area is 149 Å². The lowest BCUT2D eigenvalue weighted by Crippen LogP contribution is -2.48. The molecule has 1 aromatic carbocycles. The summed E-state index contributed by atoms with van der Waals surface area (Å²) in [6, 6.07) is 12.5.